The van der Waals surface area contributed by atoms with Crippen LogP contribution in [0.3, 0.4) is 0 Å². The molecule has 1 aliphatic rings. The van der Waals surface area contributed by atoms with Crippen LogP contribution in [0.1, 0.15) is 42.6 Å². The van der Waals surface area contributed by atoms with Crippen LogP contribution < -0.4 is 5.32 Å². The number of amides is 2. The van der Waals surface area contributed by atoms with E-state index in [-0.39, 0.29) is 18.1 Å². The molecule has 128 valence electrons. The Hall–Kier alpha value is -2.30. The summed E-state index contributed by atoms with van der Waals surface area (Å²) in [6.45, 7) is 4.83. The smallest absolute Gasteiger partial charge is 0.318 e. The molecule has 2 heterocycles. The Bertz CT molecular complexity index is 695. The van der Waals surface area contributed by atoms with Gasteiger partial charge in [-0.15, -0.1) is 0 Å². The third-order valence-corrected chi connectivity index (χ3v) is 4.81. The molecule has 0 spiro atoms. The van der Waals surface area contributed by atoms with Crippen molar-refractivity contribution in [3.8, 4) is 0 Å². The van der Waals surface area contributed by atoms with Crippen LogP contribution in [-0.4, -0.2) is 33.3 Å². The minimum atomic E-state index is -0.0378. The molecule has 0 bridgehead atoms. The number of aryl methyl sites for hydroxylation is 2. The molecule has 2 amide bonds. The van der Waals surface area contributed by atoms with E-state index in [1.54, 1.807) is 4.68 Å². The molecule has 3 rings (SSSR count). The first-order valence-corrected chi connectivity index (χ1v) is 8.66. The van der Waals surface area contributed by atoms with Gasteiger partial charge in [0.2, 0.25) is 0 Å². The van der Waals surface area contributed by atoms with Crippen molar-refractivity contribution in [3.05, 3.63) is 53.3 Å². The monoisotopic (exact) mass is 326 g/mol. The molecule has 1 aromatic carbocycles. The minimum Gasteiger partial charge on any atom is -0.331 e. The Morgan fingerprint density at radius 3 is 2.79 bits per heavy atom. The molecule has 1 saturated heterocycles. The largest absolute Gasteiger partial charge is 0.331 e. The normalized spacial score (nSPS) is 18.6. The van der Waals surface area contributed by atoms with Gasteiger partial charge in [-0.1, -0.05) is 30.3 Å². The zero-order chi connectivity index (χ0) is 17.1. The number of nitrogens with zero attached hydrogens (tertiary/aromatic N) is 3. The zero-order valence-corrected chi connectivity index (χ0v) is 14.7. The number of benzene rings is 1. The lowest BCUT2D eigenvalue weighted by molar-refractivity contribution is 0.189. The number of rotatable bonds is 4. The first-order valence-electron chi connectivity index (χ1n) is 8.66. The van der Waals surface area contributed by atoms with E-state index >= 15 is 0 Å². The predicted octanol–water partition coefficient (Wildman–Crippen LogP) is 3.21. The van der Waals surface area contributed by atoms with Gasteiger partial charge in [0.05, 0.1) is 11.7 Å². The van der Waals surface area contributed by atoms with Gasteiger partial charge in [0.25, 0.3) is 0 Å². The van der Waals surface area contributed by atoms with Gasteiger partial charge < -0.3 is 10.2 Å². The third kappa shape index (κ3) is 3.61. The first-order chi connectivity index (χ1) is 11.5. The lowest BCUT2D eigenvalue weighted by Gasteiger charge is -2.27. The van der Waals surface area contributed by atoms with Crippen molar-refractivity contribution in [1.82, 2.24) is 20.0 Å². The van der Waals surface area contributed by atoms with Crippen LogP contribution in [0.5, 0.6) is 0 Å². The maximum Gasteiger partial charge on any atom is 0.318 e. The lowest BCUT2D eigenvalue weighted by Crippen LogP contribution is -2.44. The van der Waals surface area contributed by atoms with Gasteiger partial charge in [-0.25, -0.2) is 4.79 Å². The number of hydrogen-bond acceptors (Lipinski definition) is 2. The summed E-state index contributed by atoms with van der Waals surface area (Å²) in [5.41, 5.74) is 3.33. The number of carbonyl (C=O) groups excluding carboxylic acids is 1. The molecular weight excluding hydrogens is 300 g/mol. The standard InChI is InChI=1S/C19H26N4O/c1-14(18-13-22(3)21-15(18)2)20-19(24)23-11-7-10-17(23)12-16-8-5-4-6-9-16/h4-6,8-9,13-14,17H,7,10-12H2,1-3H3,(H,20,24). The third-order valence-electron chi connectivity index (χ3n) is 4.81. The van der Waals surface area contributed by atoms with Crippen LogP contribution >= 0.6 is 0 Å². The maximum absolute atomic E-state index is 12.7. The molecule has 1 aliphatic heterocycles. The molecule has 2 aromatic rings. The zero-order valence-electron chi connectivity index (χ0n) is 14.7. The van der Waals surface area contributed by atoms with Gasteiger partial charge in [-0.2, -0.15) is 5.10 Å². The molecule has 0 radical (unpaired) electrons. The summed E-state index contributed by atoms with van der Waals surface area (Å²) in [7, 11) is 1.90. The van der Waals surface area contributed by atoms with Gasteiger partial charge in [0, 0.05) is 31.4 Å². The first kappa shape index (κ1) is 16.6. The quantitative estimate of drug-likeness (QED) is 0.938. The number of carbonyl (C=O) groups is 1. The summed E-state index contributed by atoms with van der Waals surface area (Å²) >= 11 is 0. The van der Waals surface area contributed by atoms with Crippen molar-refractivity contribution in [2.75, 3.05) is 6.54 Å². The van der Waals surface area contributed by atoms with Crippen LogP contribution in [0.25, 0.3) is 0 Å². The molecular formula is C19H26N4O. The fraction of sp³-hybridized carbons (Fsp3) is 0.474. The van der Waals surface area contributed by atoms with Gasteiger partial charge in [-0.05, 0) is 38.7 Å². The number of hydrogen-bond donors (Lipinski definition) is 1. The molecule has 1 aromatic heterocycles. The SMILES string of the molecule is Cc1nn(C)cc1C(C)NC(=O)N1CCCC1Cc1ccccc1. The summed E-state index contributed by atoms with van der Waals surface area (Å²) in [6, 6.07) is 10.7. The van der Waals surface area contributed by atoms with Crippen LogP contribution in [0.4, 0.5) is 4.79 Å². The second kappa shape index (κ2) is 7.07. The van der Waals surface area contributed by atoms with Crippen molar-refractivity contribution in [3.63, 3.8) is 0 Å². The molecule has 0 saturated carbocycles. The van der Waals surface area contributed by atoms with E-state index in [9.17, 15) is 4.79 Å². The molecule has 2 unspecified atom stereocenters. The molecule has 0 aliphatic carbocycles. The van der Waals surface area contributed by atoms with Gasteiger partial charge in [0.15, 0.2) is 0 Å². The minimum absolute atomic E-state index is 0.0317. The number of aromatic nitrogens is 2. The summed E-state index contributed by atoms with van der Waals surface area (Å²) in [4.78, 5) is 14.7. The Labute approximate surface area is 143 Å². The number of likely N-dealkylation sites (tertiary alicyclic amines) is 1. The average Bonchev–Trinajstić information content (AvgIpc) is 3.14. The van der Waals surface area contributed by atoms with Crippen molar-refractivity contribution >= 4 is 6.03 Å². The molecule has 2 atom stereocenters. The summed E-state index contributed by atoms with van der Waals surface area (Å²) in [5, 5.41) is 7.50. The summed E-state index contributed by atoms with van der Waals surface area (Å²) < 4.78 is 1.79. The van der Waals surface area contributed by atoms with Crippen LogP contribution in [-0.2, 0) is 13.5 Å². The fourth-order valence-electron chi connectivity index (χ4n) is 3.59. The molecule has 5 nitrogen and oxygen atoms in total. The number of nitrogens with one attached hydrogen (secondary N) is 1. The number of urea groups is 1. The highest BCUT2D eigenvalue weighted by molar-refractivity contribution is 5.75. The van der Waals surface area contributed by atoms with Crippen molar-refractivity contribution in [2.24, 2.45) is 7.05 Å². The average molecular weight is 326 g/mol. The second-order valence-corrected chi connectivity index (χ2v) is 6.69. The van der Waals surface area contributed by atoms with E-state index in [0.717, 1.165) is 37.1 Å². The summed E-state index contributed by atoms with van der Waals surface area (Å²) in [6.07, 6.45) is 5.05. The van der Waals surface area contributed by atoms with E-state index in [4.69, 9.17) is 0 Å². The molecule has 24 heavy (non-hydrogen) atoms. The van der Waals surface area contributed by atoms with Crippen LogP contribution in [0.15, 0.2) is 36.5 Å². The highest BCUT2D eigenvalue weighted by atomic mass is 16.2. The molecule has 5 heteroatoms. The van der Waals surface area contributed by atoms with Gasteiger partial charge in [0.1, 0.15) is 0 Å². The van der Waals surface area contributed by atoms with E-state index in [1.807, 2.05) is 38.1 Å². The van der Waals surface area contributed by atoms with Crippen molar-refractivity contribution < 1.29 is 4.79 Å². The lowest BCUT2D eigenvalue weighted by atomic mass is 10.0. The Morgan fingerprint density at radius 2 is 2.12 bits per heavy atom. The Kier molecular flexibility index (Phi) is 4.88. The van der Waals surface area contributed by atoms with E-state index in [1.165, 1.54) is 5.56 Å². The van der Waals surface area contributed by atoms with Crippen LogP contribution in [0, 0.1) is 6.92 Å². The van der Waals surface area contributed by atoms with E-state index in [0.29, 0.717) is 0 Å². The van der Waals surface area contributed by atoms with E-state index in [2.05, 4.69) is 34.7 Å². The van der Waals surface area contributed by atoms with Crippen LogP contribution in [0.2, 0.25) is 0 Å². The maximum atomic E-state index is 12.7. The van der Waals surface area contributed by atoms with Crippen molar-refractivity contribution in [2.45, 2.75) is 45.2 Å². The molecule has 1 N–H and O–H groups in total. The van der Waals surface area contributed by atoms with Gasteiger partial charge >= 0.3 is 6.03 Å². The fourth-order valence-corrected chi connectivity index (χ4v) is 3.59. The second-order valence-electron chi connectivity index (χ2n) is 6.69. The predicted molar refractivity (Wildman–Crippen MR) is 94.8 cm³/mol. The Morgan fingerprint density at radius 1 is 1.38 bits per heavy atom. The molecule has 1 fully saturated rings. The topological polar surface area (TPSA) is 50.2 Å². The highest BCUT2D eigenvalue weighted by Gasteiger charge is 2.29. The van der Waals surface area contributed by atoms with Crippen molar-refractivity contribution in [1.29, 1.82) is 0 Å². The van der Waals surface area contributed by atoms with E-state index < -0.39 is 0 Å². The summed E-state index contributed by atoms with van der Waals surface area (Å²) in [5.74, 6) is 0. The Balaban J connectivity index is 1.64. The van der Waals surface area contributed by atoms with Gasteiger partial charge in [-0.3, -0.25) is 4.68 Å². The highest BCUT2D eigenvalue weighted by Crippen LogP contribution is 2.23.